The topological polar surface area (TPSA) is 68.5 Å². The Morgan fingerprint density at radius 1 is 1.26 bits per heavy atom. The monoisotopic (exact) mass is 374 g/mol. The van der Waals surface area contributed by atoms with Crippen molar-refractivity contribution in [3.63, 3.8) is 0 Å². The minimum Gasteiger partial charge on any atom is -0.329 e. The molecule has 0 aliphatic rings. The van der Waals surface area contributed by atoms with Gasteiger partial charge in [0.2, 0.25) is 5.95 Å². The molecule has 3 rings (SSSR count). The molecule has 0 amide bonds. The van der Waals surface area contributed by atoms with E-state index in [0.29, 0.717) is 28.5 Å². The number of hydrogen-bond donors (Lipinski definition) is 1. The average Bonchev–Trinajstić information content (AvgIpc) is 3.04. The molecule has 140 valence electrons. The highest BCUT2D eigenvalue weighted by atomic mass is 19.4. The highest BCUT2D eigenvalue weighted by Gasteiger charge is 2.29. The van der Waals surface area contributed by atoms with Crippen molar-refractivity contribution in [2.24, 2.45) is 0 Å². The summed E-state index contributed by atoms with van der Waals surface area (Å²) in [7, 11) is 0. The quantitative estimate of drug-likeness (QED) is 0.721. The zero-order valence-corrected chi connectivity index (χ0v) is 14.7. The highest BCUT2D eigenvalue weighted by Crippen LogP contribution is 2.31. The van der Waals surface area contributed by atoms with Gasteiger partial charge in [-0.25, -0.2) is 9.97 Å². The number of pyridine rings is 1. The van der Waals surface area contributed by atoms with Gasteiger partial charge in [0.05, 0.1) is 5.69 Å². The van der Waals surface area contributed by atoms with Crippen LogP contribution in [0.1, 0.15) is 13.8 Å². The summed E-state index contributed by atoms with van der Waals surface area (Å²) < 4.78 is 39.3. The summed E-state index contributed by atoms with van der Waals surface area (Å²) in [5.74, 6) is 0.351. The smallest absolute Gasteiger partial charge is 0.329 e. The molecule has 3 aromatic rings. The zero-order valence-electron chi connectivity index (χ0n) is 14.7. The molecule has 0 spiro atoms. The predicted octanol–water partition coefficient (Wildman–Crippen LogP) is 4.30. The first-order valence-corrected chi connectivity index (χ1v) is 8.13. The van der Waals surface area contributed by atoms with Crippen LogP contribution in [0.5, 0.6) is 0 Å². The summed E-state index contributed by atoms with van der Waals surface area (Å²) in [5.41, 5.74) is 2.76. The molecular weight excluding hydrogens is 357 g/mol. The number of rotatable bonds is 5. The molecule has 1 N–H and O–H groups in total. The lowest BCUT2D eigenvalue weighted by Crippen LogP contribution is -2.17. The van der Waals surface area contributed by atoms with Crippen LogP contribution < -0.4 is 5.32 Å². The van der Waals surface area contributed by atoms with Gasteiger partial charge in [-0.15, -0.1) is 0 Å². The van der Waals surface area contributed by atoms with Gasteiger partial charge in [-0.1, -0.05) is 6.08 Å². The van der Waals surface area contributed by atoms with Gasteiger partial charge < -0.3 is 5.32 Å². The molecule has 0 aliphatic carbocycles. The van der Waals surface area contributed by atoms with Crippen molar-refractivity contribution in [3.8, 4) is 22.5 Å². The van der Waals surface area contributed by atoms with Gasteiger partial charge in [-0.3, -0.25) is 9.67 Å². The first-order valence-electron chi connectivity index (χ1n) is 8.13. The molecule has 3 aromatic heterocycles. The first kappa shape index (κ1) is 18.6. The SMILES string of the molecule is C/C=C(\C)Nc1nccc(-c2cn(CC(F)(F)F)nc2-c2cccnc2)n1. The van der Waals surface area contributed by atoms with Crippen LogP contribution in [0.4, 0.5) is 19.1 Å². The van der Waals surface area contributed by atoms with Crippen LogP contribution in [-0.4, -0.2) is 30.9 Å². The fraction of sp³-hybridized carbons (Fsp3) is 0.222. The first-order chi connectivity index (χ1) is 12.9. The molecule has 0 atom stereocenters. The van der Waals surface area contributed by atoms with Crippen molar-refractivity contribution < 1.29 is 13.2 Å². The van der Waals surface area contributed by atoms with Crippen LogP contribution >= 0.6 is 0 Å². The molecule has 0 fully saturated rings. The summed E-state index contributed by atoms with van der Waals surface area (Å²) in [6, 6.07) is 5.07. The van der Waals surface area contributed by atoms with Gasteiger partial charge >= 0.3 is 6.18 Å². The molecule has 0 saturated heterocycles. The Bertz CT molecular complexity index is 947. The van der Waals surface area contributed by atoms with Gasteiger partial charge in [0.1, 0.15) is 12.2 Å². The third kappa shape index (κ3) is 4.69. The summed E-state index contributed by atoms with van der Waals surface area (Å²) in [6.07, 6.45) is 3.50. The Labute approximate surface area is 153 Å². The lowest BCUT2D eigenvalue weighted by Gasteiger charge is -2.06. The molecule has 0 unspecified atom stereocenters. The maximum atomic E-state index is 12.8. The highest BCUT2D eigenvalue weighted by molar-refractivity contribution is 5.78. The summed E-state index contributed by atoms with van der Waals surface area (Å²) in [6.45, 7) is 2.54. The van der Waals surface area contributed by atoms with Crippen molar-refractivity contribution in [2.75, 3.05) is 5.32 Å². The van der Waals surface area contributed by atoms with E-state index in [9.17, 15) is 13.2 Å². The number of anilines is 1. The minimum absolute atomic E-state index is 0.351. The second kappa shape index (κ2) is 7.56. The van der Waals surface area contributed by atoms with Crippen LogP contribution in [0.2, 0.25) is 0 Å². The van der Waals surface area contributed by atoms with E-state index >= 15 is 0 Å². The van der Waals surface area contributed by atoms with E-state index in [1.54, 1.807) is 36.8 Å². The molecule has 0 radical (unpaired) electrons. The van der Waals surface area contributed by atoms with Gasteiger partial charge in [-0.2, -0.15) is 18.3 Å². The number of aromatic nitrogens is 5. The third-order valence-corrected chi connectivity index (χ3v) is 3.71. The molecular formula is C18H17F3N6. The molecule has 27 heavy (non-hydrogen) atoms. The van der Waals surface area contributed by atoms with Crippen molar-refractivity contribution in [3.05, 3.63) is 54.8 Å². The van der Waals surface area contributed by atoms with Crippen LogP contribution in [0, 0.1) is 0 Å². The van der Waals surface area contributed by atoms with Crippen molar-refractivity contribution in [2.45, 2.75) is 26.6 Å². The molecule has 0 aliphatic heterocycles. The van der Waals surface area contributed by atoms with Crippen molar-refractivity contribution in [1.82, 2.24) is 24.7 Å². The van der Waals surface area contributed by atoms with Crippen molar-refractivity contribution in [1.29, 1.82) is 0 Å². The summed E-state index contributed by atoms with van der Waals surface area (Å²) in [5, 5.41) is 7.14. The van der Waals surface area contributed by atoms with E-state index in [-0.39, 0.29) is 0 Å². The zero-order chi connectivity index (χ0) is 19.4. The molecule has 9 heteroatoms. The third-order valence-electron chi connectivity index (χ3n) is 3.71. The fourth-order valence-electron chi connectivity index (χ4n) is 2.41. The Morgan fingerprint density at radius 3 is 2.74 bits per heavy atom. The average molecular weight is 374 g/mol. The Hall–Kier alpha value is -3.23. The largest absolute Gasteiger partial charge is 0.408 e. The summed E-state index contributed by atoms with van der Waals surface area (Å²) in [4.78, 5) is 12.6. The number of alkyl halides is 3. The molecule has 0 saturated carbocycles. The van der Waals surface area contributed by atoms with Gasteiger partial charge in [0.25, 0.3) is 0 Å². The second-order valence-electron chi connectivity index (χ2n) is 5.81. The summed E-state index contributed by atoms with van der Waals surface area (Å²) >= 11 is 0. The van der Waals surface area contributed by atoms with Crippen LogP contribution in [0.15, 0.2) is 54.8 Å². The van der Waals surface area contributed by atoms with E-state index in [4.69, 9.17) is 0 Å². The lowest BCUT2D eigenvalue weighted by atomic mass is 10.1. The number of nitrogens with zero attached hydrogens (tertiary/aromatic N) is 5. The molecule has 3 heterocycles. The van der Waals surface area contributed by atoms with E-state index in [1.165, 1.54) is 6.20 Å². The molecule has 0 aromatic carbocycles. The van der Waals surface area contributed by atoms with E-state index in [2.05, 4.69) is 25.4 Å². The Morgan fingerprint density at radius 2 is 2.07 bits per heavy atom. The van der Waals surface area contributed by atoms with E-state index in [0.717, 1.165) is 10.4 Å². The number of halogens is 3. The number of hydrogen-bond acceptors (Lipinski definition) is 5. The van der Waals surface area contributed by atoms with E-state index in [1.807, 2.05) is 19.9 Å². The second-order valence-corrected chi connectivity index (χ2v) is 5.81. The maximum absolute atomic E-state index is 12.8. The molecule has 6 nitrogen and oxygen atoms in total. The van der Waals surface area contributed by atoms with Crippen LogP contribution in [-0.2, 0) is 6.54 Å². The fourth-order valence-corrected chi connectivity index (χ4v) is 2.41. The minimum atomic E-state index is -4.38. The van der Waals surface area contributed by atoms with Crippen LogP contribution in [0.25, 0.3) is 22.5 Å². The normalized spacial score (nSPS) is 12.3. The van der Waals surface area contributed by atoms with Crippen molar-refractivity contribution >= 4 is 5.95 Å². The Kier molecular flexibility index (Phi) is 5.20. The maximum Gasteiger partial charge on any atom is 0.408 e. The number of nitrogens with one attached hydrogen (secondary N) is 1. The molecule has 0 bridgehead atoms. The Balaban J connectivity index is 2.07. The predicted molar refractivity (Wildman–Crippen MR) is 95.6 cm³/mol. The lowest BCUT2D eigenvalue weighted by molar-refractivity contribution is -0.142. The van der Waals surface area contributed by atoms with Gasteiger partial charge in [0.15, 0.2) is 0 Å². The van der Waals surface area contributed by atoms with Crippen LogP contribution in [0.3, 0.4) is 0 Å². The van der Waals surface area contributed by atoms with Gasteiger partial charge in [0, 0.05) is 41.6 Å². The standard InChI is InChI=1S/C18H17F3N6/c1-3-12(2)24-17-23-8-6-15(25-17)14-10-27(11-18(19,20)21)26-16(14)13-5-4-7-22-9-13/h3-10H,11H2,1-2H3,(H,23,24,25)/b12-3+. The van der Waals surface area contributed by atoms with Gasteiger partial charge in [-0.05, 0) is 32.0 Å². The van der Waals surface area contributed by atoms with E-state index < -0.39 is 12.7 Å². The number of allylic oxidation sites excluding steroid dienone is 2.